The molecule has 4 nitrogen and oxygen atoms in total. The van der Waals surface area contributed by atoms with Crippen LogP contribution in [0.15, 0.2) is 12.1 Å². The van der Waals surface area contributed by atoms with Crippen molar-refractivity contribution in [2.45, 2.75) is 19.4 Å². The smallest absolute Gasteiger partial charge is 0.163 e. The van der Waals surface area contributed by atoms with Gasteiger partial charge in [0.2, 0.25) is 0 Å². The number of hydrogen-bond acceptors (Lipinski definition) is 4. The lowest BCUT2D eigenvalue weighted by Gasteiger charge is -2.21. The van der Waals surface area contributed by atoms with Gasteiger partial charge >= 0.3 is 0 Å². The molecule has 0 bridgehead atoms. The molecule has 2 rings (SSSR count). The molecule has 4 heteroatoms. The van der Waals surface area contributed by atoms with Gasteiger partial charge in [-0.3, -0.25) is 0 Å². The number of anilines is 1. The largest absolute Gasteiger partial charge is 0.486 e. The molecule has 0 aromatic heterocycles. The van der Waals surface area contributed by atoms with Crippen LogP contribution in [0.4, 0.5) is 5.69 Å². The standard InChI is InChI=1S/C11H15NO3/c1-2-9(13)7-5-10-11(6-8(7)12)15-4-3-14-10/h5-6,9,13H,2-4,12H2,1H3. The molecule has 1 aromatic carbocycles. The van der Waals surface area contributed by atoms with Crippen molar-refractivity contribution in [2.24, 2.45) is 0 Å². The lowest BCUT2D eigenvalue weighted by Crippen LogP contribution is -2.16. The Morgan fingerprint density at radius 3 is 2.53 bits per heavy atom. The molecule has 0 saturated heterocycles. The summed E-state index contributed by atoms with van der Waals surface area (Å²) in [5.74, 6) is 1.32. The summed E-state index contributed by atoms with van der Waals surface area (Å²) < 4.78 is 10.8. The second kappa shape index (κ2) is 3.98. The molecule has 0 aliphatic carbocycles. The summed E-state index contributed by atoms with van der Waals surface area (Å²) in [7, 11) is 0. The van der Waals surface area contributed by atoms with E-state index >= 15 is 0 Å². The summed E-state index contributed by atoms with van der Waals surface area (Å²) in [5, 5.41) is 9.74. The molecule has 0 radical (unpaired) electrons. The fraction of sp³-hybridized carbons (Fsp3) is 0.455. The third-order valence-corrected chi connectivity index (χ3v) is 2.49. The quantitative estimate of drug-likeness (QED) is 0.724. The van der Waals surface area contributed by atoms with Gasteiger partial charge in [0.25, 0.3) is 0 Å². The van der Waals surface area contributed by atoms with Gasteiger partial charge < -0.3 is 20.3 Å². The van der Waals surface area contributed by atoms with Gasteiger partial charge in [-0.25, -0.2) is 0 Å². The molecule has 3 N–H and O–H groups in total. The number of aliphatic hydroxyl groups is 1. The molecule has 0 spiro atoms. The first-order chi connectivity index (χ1) is 7.22. The van der Waals surface area contributed by atoms with E-state index in [0.717, 1.165) is 0 Å². The number of benzene rings is 1. The zero-order valence-corrected chi connectivity index (χ0v) is 8.69. The number of nitrogens with two attached hydrogens (primary N) is 1. The molecule has 0 fully saturated rings. The average molecular weight is 209 g/mol. The van der Waals surface area contributed by atoms with Crippen LogP contribution in [-0.2, 0) is 0 Å². The molecule has 1 atom stereocenters. The Hall–Kier alpha value is -1.42. The predicted molar refractivity (Wildman–Crippen MR) is 57.1 cm³/mol. The Morgan fingerprint density at radius 1 is 1.33 bits per heavy atom. The molecule has 0 amide bonds. The Morgan fingerprint density at radius 2 is 1.93 bits per heavy atom. The minimum Gasteiger partial charge on any atom is -0.486 e. The van der Waals surface area contributed by atoms with Crippen molar-refractivity contribution in [1.82, 2.24) is 0 Å². The van der Waals surface area contributed by atoms with Crippen molar-refractivity contribution in [3.05, 3.63) is 17.7 Å². The number of rotatable bonds is 2. The Labute approximate surface area is 88.6 Å². The molecule has 82 valence electrons. The van der Waals surface area contributed by atoms with Crippen molar-refractivity contribution in [3.8, 4) is 11.5 Å². The van der Waals surface area contributed by atoms with Crippen LogP contribution >= 0.6 is 0 Å². The molecule has 1 unspecified atom stereocenters. The number of aliphatic hydroxyl groups excluding tert-OH is 1. The number of fused-ring (bicyclic) bond motifs is 1. The molecule has 15 heavy (non-hydrogen) atoms. The molecule has 1 aromatic rings. The third-order valence-electron chi connectivity index (χ3n) is 2.49. The van der Waals surface area contributed by atoms with Crippen LogP contribution in [0.3, 0.4) is 0 Å². The summed E-state index contributed by atoms with van der Waals surface area (Å²) >= 11 is 0. The van der Waals surface area contributed by atoms with E-state index in [-0.39, 0.29) is 0 Å². The lowest BCUT2D eigenvalue weighted by atomic mass is 10.0. The summed E-state index contributed by atoms with van der Waals surface area (Å²) in [4.78, 5) is 0. The molecule has 1 aliphatic rings. The van der Waals surface area contributed by atoms with Crippen LogP contribution in [-0.4, -0.2) is 18.3 Å². The predicted octanol–water partition coefficient (Wildman–Crippen LogP) is 1.48. The van der Waals surface area contributed by atoms with Gasteiger partial charge in [0, 0.05) is 17.3 Å². The van der Waals surface area contributed by atoms with E-state index in [4.69, 9.17) is 15.2 Å². The fourth-order valence-electron chi connectivity index (χ4n) is 1.63. The van der Waals surface area contributed by atoms with Crippen molar-refractivity contribution in [3.63, 3.8) is 0 Å². The third kappa shape index (κ3) is 1.85. The Balaban J connectivity index is 2.40. The fourth-order valence-corrected chi connectivity index (χ4v) is 1.63. The van der Waals surface area contributed by atoms with Gasteiger partial charge in [-0.15, -0.1) is 0 Å². The van der Waals surface area contributed by atoms with Gasteiger partial charge in [-0.1, -0.05) is 6.92 Å². The SMILES string of the molecule is CCC(O)c1cc2c(cc1N)OCCO2. The Bertz CT molecular complexity index is 365. The zero-order chi connectivity index (χ0) is 10.8. The van der Waals surface area contributed by atoms with Crippen molar-refractivity contribution >= 4 is 5.69 Å². The van der Waals surface area contributed by atoms with Crippen LogP contribution in [0.1, 0.15) is 25.0 Å². The van der Waals surface area contributed by atoms with Gasteiger partial charge in [-0.05, 0) is 12.5 Å². The maximum absolute atomic E-state index is 9.74. The summed E-state index contributed by atoms with van der Waals surface area (Å²) in [6.45, 7) is 2.99. The van der Waals surface area contributed by atoms with Crippen LogP contribution in [0.5, 0.6) is 11.5 Å². The highest BCUT2D eigenvalue weighted by atomic mass is 16.6. The van der Waals surface area contributed by atoms with E-state index in [2.05, 4.69) is 0 Å². The van der Waals surface area contributed by atoms with Crippen LogP contribution < -0.4 is 15.2 Å². The first-order valence-corrected chi connectivity index (χ1v) is 5.09. The van der Waals surface area contributed by atoms with Crippen molar-refractivity contribution in [1.29, 1.82) is 0 Å². The van der Waals surface area contributed by atoms with E-state index in [1.807, 2.05) is 6.92 Å². The number of hydrogen-bond donors (Lipinski definition) is 2. The first kappa shape index (κ1) is 10.1. The highest BCUT2D eigenvalue weighted by Gasteiger charge is 2.17. The molecule has 1 heterocycles. The molecule has 1 aliphatic heterocycles. The van der Waals surface area contributed by atoms with Gasteiger partial charge in [0.05, 0.1) is 6.10 Å². The summed E-state index contributed by atoms with van der Waals surface area (Å²) in [6, 6.07) is 3.47. The first-order valence-electron chi connectivity index (χ1n) is 5.09. The molecular weight excluding hydrogens is 194 g/mol. The van der Waals surface area contributed by atoms with Crippen LogP contribution in [0, 0.1) is 0 Å². The number of ether oxygens (including phenoxy) is 2. The molecule has 0 saturated carbocycles. The highest BCUT2D eigenvalue weighted by Crippen LogP contribution is 2.37. The van der Waals surface area contributed by atoms with E-state index in [1.54, 1.807) is 12.1 Å². The maximum Gasteiger partial charge on any atom is 0.163 e. The monoisotopic (exact) mass is 209 g/mol. The van der Waals surface area contributed by atoms with E-state index < -0.39 is 6.10 Å². The summed E-state index contributed by atoms with van der Waals surface area (Å²) in [6.07, 6.45) is 0.0879. The zero-order valence-electron chi connectivity index (χ0n) is 8.69. The van der Waals surface area contributed by atoms with E-state index in [1.165, 1.54) is 0 Å². The Kier molecular flexibility index (Phi) is 2.68. The van der Waals surface area contributed by atoms with Crippen LogP contribution in [0.25, 0.3) is 0 Å². The average Bonchev–Trinajstić information content (AvgIpc) is 2.27. The normalized spacial score (nSPS) is 16.1. The highest BCUT2D eigenvalue weighted by molar-refractivity contribution is 5.59. The van der Waals surface area contributed by atoms with E-state index in [0.29, 0.717) is 42.4 Å². The van der Waals surface area contributed by atoms with Gasteiger partial charge in [-0.2, -0.15) is 0 Å². The minimum absolute atomic E-state index is 0.540. The second-order valence-corrected chi connectivity index (χ2v) is 3.55. The van der Waals surface area contributed by atoms with Gasteiger partial charge in [0.1, 0.15) is 13.2 Å². The van der Waals surface area contributed by atoms with Crippen molar-refractivity contribution < 1.29 is 14.6 Å². The summed E-state index contributed by atoms with van der Waals surface area (Å²) in [5.41, 5.74) is 7.09. The van der Waals surface area contributed by atoms with Crippen molar-refractivity contribution in [2.75, 3.05) is 18.9 Å². The lowest BCUT2D eigenvalue weighted by molar-refractivity contribution is 0.163. The van der Waals surface area contributed by atoms with E-state index in [9.17, 15) is 5.11 Å². The minimum atomic E-state index is -0.541. The second-order valence-electron chi connectivity index (χ2n) is 3.55. The van der Waals surface area contributed by atoms with Gasteiger partial charge in [0.15, 0.2) is 11.5 Å². The van der Waals surface area contributed by atoms with Crippen LogP contribution in [0.2, 0.25) is 0 Å². The maximum atomic E-state index is 9.74. The number of nitrogen functional groups attached to an aromatic ring is 1. The topological polar surface area (TPSA) is 64.7 Å². The molecular formula is C11H15NO3.